The Labute approximate surface area is 169 Å². The smallest absolute Gasteiger partial charge is 0.319 e. The van der Waals surface area contributed by atoms with Crippen molar-refractivity contribution in [1.82, 2.24) is 10.2 Å². The van der Waals surface area contributed by atoms with Crippen molar-refractivity contribution in [2.45, 2.75) is 17.5 Å². The van der Waals surface area contributed by atoms with Gasteiger partial charge in [-0.3, -0.25) is 4.90 Å². The van der Waals surface area contributed by atoms with Gasteiger partial charge in [0.25, 0.3) is 0 Å². The molecule has 2 heterocycles. The van der Waals surface area contributed by atoms with E-state index >= 15 is 0 Å². The number of urea groups is 1. The molecule has 1 saturated heterocycles. The van der Waals surface area contributed by atoms with Crippen molar-refractivity contribution < 1.29 is 4.79 Å². The second-order valence-corrected chi connectivity index (χ2v) is 9.60. The predicted octanol–water partition coefficient (Wildman–Crippen LogP) is 4.35. The van der Waals surface area contributed by atoms with Crippen LogP contribution >= 0.6 is 23.5 Å². The zero-order valence-corrected chi connectivity index (χ0v) is 17.0. The third-order valence-electron chi connectivity index (χ3n) is 4.96. The molecule has 2 N–H and O–H groups in total. The van der Waals surface area contributed by atoms with Gasteiger partial charge in [0.2, 0.25) is 0 Å². The SMILES string of the molecule is O=C(NCCN1CCc2ccccc2C1)Nc1cccc(C2SCCS2)c1. The topological polar surface area (TPSA) is 44.4 Å². The zero-order valence-electron chi connectivity index (χ0n) is 15.3. The van der Waals surface area contributed by atoms with Crippen LogP contribution in [0.5, 0.6) is 0 Å². The fourth-order valence-corrected chi connectivity index (χ4v) is 6.40. The van der Waals surface area contributed by atoms with Gasteiger partial charge < -0.3 is 10.6 Å². The van der Waals surface area contributed by atoms with Crippen LogP contribution in [0.1, 0.15) is 21.3 Å². The Kier molecular flexibility index (Phi) is 6.27. The summed E-state index contributed by atoms with van der Waals surface area (Å²) in [6.45, 7) is 3.55. The summed E-state index contributed by atoms with van der Waals surface area (Å²) in [6, 6.07) is 16.7. The van der Waals surface area contributed by atoms with Crippen molar-refractivity contribution in [2.75, 3.05) is 36.5 Å². The Morgan fingerprint density at radius 1 is 1.07 bits per heavy atom. The first kappa shape index (κ1) is 18.7. The number of carbonyl (C=O) groups is 1. The number of nitrogens with zero attached hydrogens (tertiary/aromatic N) is 1. The lowest BCUT2D eigenvalue weighted by molar-refractivity contribution is 0.239. The minimum absolute atomic E-state index is 0.128. The molecule has 0 saturated carbocycles. The number of hydrogen-bond acceptors (Lipinski definition) is 4. The van der Waals surface area contributed by atoms with E-state index in [1.165, 1.54) is 28.2 Å². The van der Waals surface area contributed by atoms with E-state index in [4.69, 9.17) is 0 Å². The molecule has 1 fully saturated rings. The van der Waals surface area contributed by atoms with Crippen LogP contribution in [0.2, 0.25) is 0 Å². The molecule has 0 unspecified atom stereocenters. The summed E-state index contributed by atoms with van der Waals surface area (Å²) in [5.41, 5.74) is 5.02. The first-order chi connectivity index (χ1) is 13.3. The molecule has 2 aliphatic heterocycles. The second-order valence-electron chi connectivity index (χ2n) is 6.87. The van der Waals surface area contributed by atoms with Gasteiger partial charge in [-0.05, 0) is 35.2 Å². The molecule has 2 aromatic carbocycles. The number of hydrogen-bond donors (Lipinski definition) is 2. The van der Waals surface area contributed by atoms with Crippen LogP contribution in [0.25, 0.3) is 0 Å². The molecule has 2 aliphatic rings. The number of thioether (sulfide) groups is 2. The number of nitrogens with one attached hydrogen (secondary N) is 2. The highest BCUT2D eigenvalue weighted by atomic mass is 32.2. The molecule has 142 valence electrons. The van der Waals surface area contributed by atoms with E-state index in [-0.39, 0.29) is 6.03 Å². The summed E-state index contributed by atoms with van der Waals surface area (Å²) < 4.78 is 0.497. The highest BCUT2D eigenvalue weighted by molar-refractivity contribution is 8.19. The van der Waals surface area contributed by atoms with E-state index < -0.39 is 0 Å². The van der Waals surface area contributed by atoms with Crippen molar-refractivity contribution >= 4 is 35.2 Å². The maximum Gasteiger partial charge on any atom is 0.319 e. The molecule has 6 heteroatoms. The van der Waals surface area contributed by atoms with E-state index in [1.807, 2.05) is 35.7 Å². The first-order valence-corrected chi connectivity index (χ1v) is 11.5. The van der Waals surface area contributed by atoms with Gasteiger partial charge in [-0.15, -0.1) is 23.5 Å². The monoisotopic (exact) mass is 399 g/mol. The Morgan fingerprint density at radius 3 is 2.74 bits per heavy atom. The van der Waals surface area contributed by atoms with Crippen LogP contribution in [-0.4, -0.2) is 42.1 Å². The molecule has 4 nitrogen and oxygen atoms in total. The fourth-order valence-electron chi connectivity index (χ4n) is 3.56. The van der Waals surface area contributed by atoms with Crippen molar-refractivity contribution in [1.29, 1.82) is 0 Å². The average Bonchev–Trinajstić information content (AvgIpc) is 3.23. The largest absolute Gasteiger partial charge is 0.337 e. The van der Waals surface area contributed by atoms with Crippen LogP contribution in [0.4, 0.5) is 10.5 Å². The van der Waals surface area contributed by atoms with Crippen LogP contribution < -0.4 is 10.6 Å². The van der Waals surface area contributed by atoms with Gasteiger partial charge in [0.05, 0.1) is 4.58 Å². The Hall–Kier alpha value is -1.63. The molecule has 0 aliphatic carbocycles. The van der Waals surface area contributed by atoms with Gasteiger partial charge in [-0.2, -0.15) is 0 Å². The van der Waals surface area contributed by atoms with Gasteiger partial charge in [0, 0.05) is 43.4 Å². The Balaban J connectivity index is 1.23. The molecular formula is C21H25N3OS2. The van der Waals surface area contributed by atoms with E-state index in [0.717, 1.165) is 31.7 Å². The highest BCUT2D eigenvalue weighted by Gasteiger charge is 2.19. The second kappa shape index (κ2) is 9.04. The fraction of sp³-hybridized carbons (Fsp3) is 0.381. The van der Waals surface area contributed by atoms with Gasteiger partial charge in [0.15, 0.2) is 0 Å². The van der Waals surface area contributed by atoms with Crippen molar-refractivity contribution in [3.8, 4) is 0 Å². The van der Waals surface area contributed by atoms with Gasteiger partial charge >= 0.3 is 6.03 Å². The quantitative estimate of drug-likeness (QED) is 0.785. The lowest BCUT2D eigenvalue weighted by atomic mass is 10.00. The molecule has 27 heavy (non-hydrogen) atoms. The summed E-state index contributed by atoms with van der Waals surface area (Å²) in [5, 5.41) is 5.96. The standard InChI is InChI=1S/C21H25N3OS2/c25-21(23-19-7-3-6-17(14-19)20-26-12-13-27-20)22-9-11-24-10-8-16-4-1-2-5-18(16)15-24/h1-7,14,20H,8-13,15H2,(H2,22,23,25). The van der Waals surface area contributed by atoms with E-state index in [2.05, 4.69) is 51.9 Å². The minimum atomic E-state index is -0.128. The normalized spacial score (nSPS) is 17.5. The van der Waals surface area contributed by atoms with Crippen LogP contribution in [0.3, 0.4) is 0 Å². The molecule has 0 spiro atoms. The van der Waals surface area contributed by atoms with Crippen LogP contribution in [-0.2, 0) is 13.0 Å². The minimum Gasteiger partial charge on any atom is -0.337 e. The summed E-state index contributed by atoms with van der Waals surface area (Å²) in [4.78, 5) is 14.6. The molecule has 2 aromatic rings. The summed E-state index contributed by atoms with van der Waals surface area (Å²) >= 11 is 3.95. The van der Waals surface area contributed by atoms with Crippen LogP contribution in [0.15, 0.2) is 48.5 Å². The number of rotatable bonds is 5. The maximum absolute atomic E-state index is 12.2. The lowest BCUT2D eigenvalue weighted by Crippen LogP contribution is -2.39. The third kappa shape index (κ3) is 5.00. The Morgan fingerprint density at radius 2 is 1.89 bits per heavy atom. The average molecular weight is 400 g/mol. The van der Waals surface area contributed by atoms with Gasteiger partial charge in [0.1, 0.15) is 0 Å². The number of amides is 2. The lowest BCUT2D eigenvalue weighted by Gasteiger charge is -2.28. The van der Waals surface area contributed by atoms with Crippen LogP contribution in [0, 0.1) is 0 Å². The van der Waals surface area contributed by atoms with Crippen molar-refractivity contribution in [2.24, 2.45) is 0 Å². The molecule has 0 aromatic heterocycles. The molecule has 2 amide bonds. The van der Waals surface area contributed by atoms with E-state index in [9.17, 15) is 4.79 Å². The Bertz CT molecular complexity index is 793. The molecule has 0 bridgehead atoms. The molecule has 4 rings (SSSR count). The number of anilines is 1. The number of fused-ring (bicyclic) bond motifs is 1. The van der Waals surface area contributed by atoms with E-state index in [1.54, 1.807) is 0 Å². The third-order valence-corrected chi connectivity index (χ3v) is 8.07. The molecule has 0 atom stereocenters. The predicted molar refractivity (Wildman–Crippen MR) is 117 cm³/mol. The van der Waals surface area contributed by atoms with Gasteiger partial charge in [-0.1, -0.05) is 36.4 Å². The summed E-state index contributed by atoms with van der Waals surface area (Å²) in [5.74, 6) is 2.41. The molecule has 0 radical (unpaired) electrons. The first-order valence-electron chi connectivity index (χ1n) is 9.45. The van der Waals surface area contributed by atoms with Crippen molar-refractivity contribution in [3.63, 3.8) is 0 Å². The van der Waals surface area contributed by atoms with Gasteiger partial charge in [-0.25, -0.2) is 4.79 Å². The zero-order chi connectivity index (χ0) is 18.5. The highest BCUT2D eigenvalue weighted by Crippen LogP contribution is 2.45. The maximum atomic E-state index is 12.2. The molecular weight excluding hydrogens is 374 g/mol. The van der Waals surface area contributed by atoms with Crippen molar-refractivity contribution in [3.05, 3.63) is 65.2 Å². The van der Waals surface area contributed by atoms with E-state index in [0.29, 0.717) is 11.1 Å². The summed E-state index contributed by atoms with van der Waals surface area (Å²) in [7, 11) is 0. The number of benzene rings is 2. The summed E-state index contributed by atoms with van der Waals surface area (Å²) in [6.07, 6.45) is 1.09. The number of carbonyl (C=O) groups excluding carboxylic acids is 1.